The Balaban J connectivity index is 1.24. The summed E-state index contributed by atoms with van der Waals surface area (Å²) in [5.41, 5.74) is 3.66. The first-order chi connectivity index (χ1) is 18.9. The number of thiazole rings is 1. The van der Waals surface area contributed by atoms with Gasteiger partial charge in [0.25, 0.3) is 11.8 Å². The Labute approximate surface area is 238 Å². The highest BCUT2D eigenvalue weighted by atomic mass is 35.5. The van der Waals surface area contributed by atoms with Gasteiger partial charge in [-0.1, -0.05) is 41.6 Å². The van der Waals surface area contributed by atoms with Gasteiger partial charge in [-0.15, -0.1) is 11.3 Å². The number of fused-ring (bicyclic) bond motifs is 1. The topological polar surface area (TPSA) is 101 Å². The number of anilines is 2. The summed E-state index contributed by atoms with van der Waals surface area (Å²) in [5, 5.41) is 6.35. The summed E-state index contributed by atoms with van der Waals surface area (Å²) in [6.07, 6.45) is 0. The number of morpholine rings is 1. The summed E-state index contributed by atoms with van der Waals surface area (Å²) >= 11 is 8.82. The van der Waals surface area contributed by atoms with Gasteiger partial charge in [-0.25, -0.2) is 4.98 Å². The molecule has 1 aliphatic heterocycles. The van der Waals surface area contributed by atoms with Crippen molar-refractivity contribution in [3.8, 4) is 0 Å². The van der Waals surface area contributed by atoms with E-state index in [0.717, 1.165) is 20.1 Å². The summed E-state index contributed by atoms with van der Waals surface area (Å²) in [6.45, 7) is 3.88. The van der Waals surface area contributed by atoms with Gasteiger partial charge in [0.15, 0.2) is 4.34 Å². The molecule has 0 aliphatic carbocycles. The van der Waals surface area contributed by atoms with Crippen LogP contribution in [0.15, 0.2) is 65.0 Å². The van der Waals surface area contributed by atoms with E-state index >= 15 is 0 Å². The average Bonchev–Trinajstić information content (AvgIpc) is 3.36. The van der Waals surface area contributed by atoms with Crippen molar-refractivity contribution in [2.24, 2.45) is 0 Å². The van der Waals surface area contributed by atoms with Gasteiger partial charge >= 0.3 is 0 Å². The largest absolute Gasteiger partial charge is 0.378 e. The average molecular weight is 581 g/mol. The van der Waals surface area contributed by atoms with Crippen LogP contribution in [0.3, 0.4) is 0 Å². The zero-order valence-corrected chi connectivity index (χ0v) is 23.4. The molecule has 1 aliphatic rings. The molecule has 0 saturated carbocycles. The van der Waals surface area contributed by atoms with E-state index < -0.39 is 0 Å². The van der Waals surface area contributed by atoms with Gasteiger partial charge in [0.1, 0.15) is 0 Å². The van der Waals surface area contributed by atoms with E-state index in [2.05, 4.69) is 15.6 Å². The zero-order chi connectivity index (χ0) is 27.4. The van der Waals surface area contributed by atoms with Crippen LogP contribution in [-0.2, 0) is 9.53 Å². The smallest absolute Gasteiger partial charge is 0.256 e. The lowest BCUT2D eigenvalue weighted by Crippen LogP contribution is -2.41. The maximum Gasteiger partial charge on any atom is 0.256 e. The number of carbonyl (C=O) groups excluding carboxylic acids is 3. The monoisotopic (exact) mass is 580 g/mol. The molecule has 11 heteroatoms. The van der Waals surface area contributed by atoms with Crippen molar-refractivity contribution in [3.05, 3.63) is 82.4 Å². The maximum atomic E-state index is 13.2. The van der Waals surface area contributed by atoms with E-state index in [9.17, 15) is 14.4 Å². The summed E-state index contributed by atoms with van der Waals surface area (Å²) in [4.78, 5) is 45.0. The van der Waals surface area contributed by atoms with Crippen LogP contribution in [0.2, 0.25) is 5.02 Å². The number of aryl methyl sites for hydroxylation is 1. The van der Waals surface area contributed by atoms with Gasteiger partial charge in [-0.3, -0.25) is 14.4 Å². The second-order valence-corrected chi connectivity index (χ2v) is 11.6. The van der Waals surface area contributed by atoms with Crippen LogP contribution in [0.1, 0.15) is 26.3 Å². The predicted octanol–water partition coefficient (Wildman–Crippen LogP) is 5.71. The van der Waals surface area contributed by atoms with Crippen molar-refractivity contribution in [3.63, 3.8) is 0 Å². The van der Waals surface area contributed by atoms with Crippen molar-refractivity contribution in [1.29, 1.82) is 0 Å². The molecule has 3 amide bonds. The third-order valence-electron chi connectivity index (χ3n) is 6.13. The highest BCUT2D eigenvalue weighted by molar-refractivity contribution is 8.01. The molecule has 0 bridgehead atoms. The van der Waals surface area contributed by atoms with Crippen LogP contribution < -0.4 is 10.6 Å². The second-order valence-electron chi connectivity index (χ2n) is 8.86. The van der Waals surface area contributed by atoms with E-state index in [0.29, 0.717) is 53.8 Å². The molecule has 0 spiro atoms. The number of benzene rings is 3. The molecule has 200 valence electrons. The Bertz CT molecular complexity index is 1550. The fourth-order valence-electron chi connectivity index (χ4n) is 4.09. The number of thioether (sulfide) groups is 1. The number of halogens is 1. The molecular formula is C28H25ClN4O4S2. The number of hydrogen-bond acceptors (Lipinski definition) is 7. The molecule has 2 N–H and O–H groups in total. The van der Waals surface area contributed by atoms with E-state index in [-0.39, 0.29) is 23.5 Å². The normalized spacial score (nSPS) is 13.3. The van der Waals surface area contributed by atoms with E-state index in [1.807, 2.05) is 25.1 Å². The molecule has 5 rings (SSSR count). The van der Waals surface area contributed by atoms with Gasteiger partial charge in [-0.2, -0.15) is 0 Å². The number of hydrogen-bond donors (Lipinski definition) is 2. The van der Waals surface area contributed by atoms with E-state index in [1.165, 1.54) is 23.1 Å². The number of carbonyl (C=O) groups is 3. The van der Waals surface area contributed by atoms with Crippen molar-refractivity contribution in [2.45, 2.75) is 11.3 Å². The minimum Gasteiger partial charge on any atom is -0.378 e. The fourth-order valence-corrected chi connectivity index (χ4v) is 6.17. The maximum absolute atomic E-state index is 13.2. The van der Waals surface area contributed by atoms with Crippen molar-refractivity contribution < 1.29 is 19.1 Å². The minimum atomic E-state index is -0.362. The van der Waals surface area contributed by atoms with Gasteiger partial charge < -0.3 is 20.3 Å². The van der Waals surface area contributed by atoms with Crippen LogP contribution in [0.4, 0.5) is 11.4 Å². The van der Waals surface area contributed by atoms with Crippen LogP contribution in [-0.4, -0.2) is 59.7 Å². The third kappa shape index (κ3) is 6.59. The summed E-state index contributed by atoms with van der Waals surface area (Å²) in [5.74, 6) is -0.497. The molecule has 4 aromatic rings. The predicted molar refractivity (Wildman–Crippen MR) is 156 cm³/mol. The van der Waals surface area contributed by atoms with Crippen molar-refractivity contribution in [2.75, 3.05) is 42.7 Å². The molecule has 2 heterocycles. The van der Waals surface area contributed by atoms with Gasteiger partial charge in [0.05, 0.1) is 40.3 Å². The number of aromatic nitrogens is 1. The number of nitrogens with zero attached hydrogens (tertiary/aromatic N) is 2. The van der Waals surface area contributed by atoms with Crippen LogP contribution >= 0.6 is 34.7 Å². The van der Waals surface area contributed by atoms with E-state index in [4.69, 9.17) is 16.3 Å². The van der Waals surface area contributed by atoms with Crippen molar-refractivity contribution in [1.82, 2.24) is 9.88 Å². The van der Waals surface area contributed by atoms with Gasteiger partial charge in [0, 0.05) is 29.5 Å². The number of nitrogens with one attached hydrogen (secondary N) is 2. The molecule has 0 radical (unpaired) electrons. The Morgan fingerprint density at radius 3 is 2.59 bits per heavy atom. The summed E-state index contributed by atoms with van der Waals surface area (Å²) in [6, 6.07) is 17.6. The van der Waals surface area contributed by atoms with Crippen LogP contribution in [0.5, 0.6) is 0 Å². The number of rotatable bonds is 7. The van der Waals surface area contributed by atoms with Gasteiger partial charge in [-0.05, 0) is 55.0 Å². The van der Waals surface area contributed by atoms with Gasteiger partial charge in [0.2, 0.25) is 5.91 Å². The molecule has 1 fully saturated rings. The third-order valence-corrected chi connectivity index (χ3v) is 8.52. The SMILES string of the molecule is Cc1ccc(Cl)cc1NC(=O)CSc1nc2ccc(NC(=O)c3ccccc3C(=O)N3CCOCC3)cc2s1. The number of ether oxygens (including phenoxy) is 1. The van der Waals surface area contributed by atoms with E-state index in [1.54, 1.807) is 47.4 Å². The standard InChI is InChI=1S/C28H25ClN4O4S2/c1-17-6-7-18(29)14-23(17)31-25(34)16-38-28-32-22-9-8-19(15-24(22)39-28)30-26(35)20-4-2-3-5-21(20)27(36)33-10-12-37-13-11-33/h2-9,14-15H,10-13,16H2,1H3,(H,30,35)(H,31,34). The Morgan fingerprint density at radius 2 is 1.79 bits per heavy atom. The lowest BCUT2D eigenvalue weighted by Gasteiger charge is -2.27. The molecule has 0 atom stereocenters. The number of amides is 3. The molecule has 1 saturated heterocycles. The Kier molecular flexibility index (Phi) is 8.47. The quantitative estimate of drug-likeness (QED) is 0.271. The zero-order valence-electron chi connectivity index (χ0n) is 21.0. The first-order valence-electron chi connectivity index (χ1n) is 12.2. The van der Waals surface area contributed by atoms with Crippen molar-refractivity contribution >= 4 is 74.0 Å². The molecule has 39 heavy (non-hydrogen) atoms. The van der Waals surface area contributed by atoms with Crippen LogP contribution in [0, 0.1) is 6.92 Å². The molecular weight excluding hydrogens is 556 g/mol. The minimum absolute atomic E-state index is 0.150. The fraction of sp³-hybridized carbons (Fsp3) is 0.214. The first-order valence-corrected chi connectivity index (χ1v) is 14.4. The summed E-state index contributed by atoms with van der Waals surface area (Å²) < 4.78 is 6.95. The highest BCUT2D eigenvalue weighted by Gasteiger charge is 2.23. The van der Waals surface area contributed by atoms with Crippen LogP contribution in [0.25, 0.3) is 10.2 Å². The molecule has 0 unspecified atom stereocenters. The first kappa shape index (κ1) is 27.1. The second kappa shape index (κ2) is 12.2. The Hall–Kier alpha value is -3.44. The summed E-state index contributed by atoms with van der Waals surface area (Å²) in [7, 11) is 0. The highest BCUT2D eigenvalue weighted by Crippen LogP contribution is 2.32. The Morgan fingerprint density at radius 1 is 1.03 bits per heavy atom. The molecule has 3 aromatic carbocycles. The molecule has 8 nitrogen and oxygen atoms in total. The lowest BCUT2D eigenvalue weighted by molar-refractivity contribution is -0.113. The lowest BCUT2D eigenvalue weighted by atomic mass is 10.0. The molecule has 1 aromatic heterocycles.